The van der Waals surface area contributed by atoms with E-state index >= 15 is 0 Å². The molecule has 2 rings (SSSR count). The summed E-state index contributed by atoms with van der Waals surface area (Å²) in [5.41, 5.74) is 2.54. The summed E-state index contributed by atoms with van der Waals surface area (Å²) in [7, 11) is 0. The number of rotatable bonds is 3. The van der Waals surface area contributed by atoms with Gasteiger partial charge in [0.15, 0.2) is 0 Å². The number of fused-ring (bicyclic) bond motifs is 1. The predicted octanol–water partition coefficient (Wildman–Crippen LogP) is 2.13. The minimum Gasteiger partial charge on any atom is -0.348 e. The van der Waals surface area contributed by atoms with E-state index in [0.717, 1.165) is 19.4 Å². The minimum atomic E-state index is 0.311. The van der Waals surface area contributed by atoms with Gasteiger partial charge < -0.3 is 10.3 Å². The number of hydrogen-bond donors (Lipinski definition) is 2. The molecule has 0 aromatic carbocycles. The first-order valence-corrected chi connectivity index (χ1v) is 6.65. The Morgan fingerprint density at radius 2 is 2.40 bits per heavy atom. The monoisotopic (exact) mass is 225 g/mol. The Labute approximate surface area is 95.4 Å². The second-order valence-electron chi connectivity index (χ2n) is 4.69. The van der Waals surface area contributed by atoms with E-state index in [2.05, 4.69) is 35.4 Å². The lowest BCUT2D eigenvalue weighted by molar-refractivity contribution is 0.426. The zero-order valence-corrected chi connectivity index (χ0v) is 10.4. The van der Waals surface area contributed by atoms with Gasteiger partial charge in [-0.25, -0.2) is 4.98 Å². The Morgan fingerprint density at radius 3 is 3.13 bits per heavy atom. The van der Waals surface area contributed by atoms with Crippen LogP contribution in [0.3, 0.4) is 0 Å². The van der Waals surface area contributed by atoms with Gasteiger partial charge in [-0.05, 0) is 12.7 Å². The molecular weight excluding hydrogens is 206 g/mol. The lowest BCUT2D eigenvalue weighted by Gasteiger charge is -2.30. The van der Waals surface area contributed by atoms with Crippen molar-refractivity contribution >= 4 is 11.8 Å². The number of H-pyrrole nitrogens is 1. The highest BCUT2D eigenvalue weighted by molar-refractivity contribution is 7.99. The van der Waals surface area contributed by atoms with Crippen molar-refractivity contribution in [2.45, 2.75) is 37.5 Å². The summed E-state index contributed by atoms with van der Waals surface area (Å²) in [4.78, 5) is 7.66. The van der Waals surface area contributed by atoms with Crippen LogP contribution in [0.2, 0.25) is 0 Å². The van der Waals surface area contributed by atoms with E-state index in [1.54, 1.807) is 0 Å². The zero-order chi connectivity index (χ0) is 10.9. The van der Waals surface area contributed by atoms with Crippen molar-refractivity contribution in [3.63, 3.8) is 0 Å². The van der Waals surface area contributed by atoms with E-state index in [1.165, 1.54) is 11.4 Å². The third-order valence-corrected chi connectivity index (χ3v) is 4.37. The Hall–Kier alpha value is -0.480. The molecule has 2 heterocycles. The van der Waals surface area contributed by atoms with Crippen molar-refractivity contribution < 1.29 is 0 Å². The summed E-state index contributed by atoms with van der Waals surface area (Å²) in [6.45, 7) is 5.64. The smallest absolute Gasteiger partial charge is 0.0925 e. The molecule has 1 atom stereocenters. The molecular formula is C11H19N3S. The molecule has 84 valence electrons. The normalized spacial score (nSPS) is 21.4. The van der Waals surface area contributed by atoms with Gasteiger partial charge in [-0.1, -0.05) is 13.8 Å². The second kappa shape index (κ2) is 4.18. The summed E-state index contributed by atoms with van der Waals surface area (Å²) < 4.78 is 0.311. The Bertz CT molecular complexity index is 332. The molecule has 1 aliphatic heterocycles. The zero-order valence-electron chi connectivity index (χ0n) is 9.63. The van der Waals surface area contributed by atoms with Gasteiger partial charge in [-0.15, -0.1) is 0 Å². The molecule has 1 aliphatic rings. The Balaban J connectivity index is 2.13. The number of aromatic nitrogens is 2. The summed E-state index contributed by atoms with van der Waals surface area (Å²) in [6.07, 6.45) is 6.20. The van der Waals surface area contributed by atoms with Gasteiger partial charge in [0.05, 0.1) is 18.1 Å². The molecule has 0 aliphatic carbocycles. The summed E-state index contributed by atoms with van der Waals surface area (Å²) in [5.74, 6) is 0. The van der Waals surface area contributed by atoms with Gasteiger partial charge in [0.1, 0.15) is 0 Å². The van der Waals surface area contributed by atoms with Crippen LogP contribution < -0.4 is 5.32 Å². The van der Waals surface area contributed by atoms with Crippen LogP contribution in [-0.4, -0.2) is 27.5 Å². The molecule has 4 heteroatoms. The third-order valence-electron chi connectivity index (χ3n) is 3.10. The van der Waals surface area contributed by atoms with Crippen LogP contribution in [-0.2, 0) is 6.42 Å². The first kappa shape index (κ1) is 11.0. The Kier molecular flexibility index (Phi) is 3.07. The van der Waals surface area contributed by atoms with E-state index in [-0.39, 0.29) is 0 Å². The second-order valence-corrected chi connectivity index (χ2v) is 6.20. The first-order chi connectivity index (χ1) is 7.12. The molecule has 0 fully saturated rings. The number of nitrogens with zero attached hydrogens (tertiary/aromatic N) is 1. The van der Waals surface area contributed by atoms with E-state index in [9.17, 15) is 0 Å². The van der Waals surface area contributed by atoms with Gasteiger partial charge in [0, 0.05) is 23.4 Å². The van der Waals surface area contributed by atoms with Crippen molar-refractivity contribution in [1.29, 1.82) is 0 Å². The van der Waals surface area contributed by atoms with Crippen molar-refractivity contribution in [2.75, 3.05) is 12.8 Å². The molecule has 2 N–H and O–H groups in total. The molecule has 0 amide bonds. The lowest BCUT2D eigenvalue weighted by atomic mass is 9.96. The van der Waals surface area contributed by atoms with Crippen LogP contribution in [0.5, 0.6) is 0 Å². The van der Waals surface area contributed by atoms with Crippen LogP contribution in [0.15, 0.2) is 6.33 Å². The fourth-order valence-electron chi connectivity index (χ4n) is 2.04. The number of hydrogen-bond acceptors (Lipinski definition) is 3. The first-order valence-electron chi connectivity index (χ1n) is 5.43. The fourth-order valence-corrected chi connectivity index (χ4v) is 2.38. The average molecular weight is 225 g/mol. The largest absolute Gasteiger partial charge is 0.348 e. The van der Waals surface area contributed by atoms with Crippen molar-refractivity contribution in [3.05, 3.63) is 17.7 Å². The van der Waals surface area contributed by atoms with Gasteiger partial charge in [-0.3, -0.25) is 0 Å². The van der Waals surface area contributed by atoms with Gasteiger partial charge >= 0.3 is 0 Å². The number of imidazole rings is 1. The summed E-state index contributed by atoms with van der Waals surface area (Å²) in [5, 5.41) is 3.56. The van der Waals surface area contributed by atoms with Crippen molar-refractivity contribution in [2.24, 2.45) is 0 Å². The van der Waals surface area contributed by atoms with Crippen LogP contribution in [0.4, 0.5) is 0 Å². The molecule has 0 radical (unpaired) electrons. The summed E-state index contributed by atoms with van der Waals surface area (Å²) >= 11 is 1.92. The maximum absolute atomic E-state index is 4.43. The van der Waals surface area contributed by atoms with Gasteiger partial charge in [0.2, 0.25) is 0 Å². The summed E-state index contributed by atoms with van der Waals surface area (Å²) in [6, 6.07) is 0.419. The van der Waals surface area contributed by atoms with Crippen LogP contribution in [0.25, 0.3) is 0 Å². The molecule has 0 saturated heterocycles. The van der Waals surface area contributed by atoms with Gasteiger partial charge in [-0.2, -0.15) is 11.8 Å². The van der Waals surface area contributed by atoms with E-state index < -0.39 is 0 Å². The van der Waals surface area contributed by atoms with Crippen molar-refractivity contribution in [3.8, 4) is 0 Å². The third kappa shape index (κ3) is 2.37. The molecule has 0 spiro atoms. The van der Waals surface area contributed by atoms with E-state index in [1.807, 2.05) is 18.1 Å². The molecule has 3 nitrogen and oxygen atoms in total. The van der Waals surface area contributed by atoms with Crippen LogP contribution >= 0.6 is 11.8 Å². The SMILES string of the molecule is CSC(C)(C)CC1NCCc2[nH]cnc21. The predicted molar refractivity (Wildman–Crippen MR) is 65.2 cm³/mol. The molecule has 1 unspecified atom stereocenters. The standard InChI is InChI=1S/C11H19N3S/c1-11(2,15-3)6-9-10-8(4-5-12-9)13-7-14-10/h7,9,12H,4-6H2,1-3H3,(H,13,14). The van der Waals surface area contributed by atoms with Gasteiger partial charge in [0.25, 0.3) is 0 Å². The quantitative estimate of drug-likeness (QED) is 0.828. The average Bonchev–Trinajstić information content (AvgIpc) is 2.66. The molecule has 0 bridgehead atoms. The molecule has 15 heavy (non-hydrogen) atoms. The highest BCUT2D eigenvalue weighted by Gasteiger charge is 2.28. The van der Waals surface area contributed by atoms with E-state index in [0.29, 0.717) is 10.8 Å². The Morgan fingerprint density at radius 1 is 1.60 bits per heavy atom. The lowest BCUT2D eigenvalue weighted by Crippen LogP contribution is -2.34. The molecule has 1 aromatic heterocycles. The van der Waals surface area contributed by atoms with E-state index in [4.69, 9.17) is 0 Å². The molecule has 0 saturated carbocycles. The number of thioether (sulfide) groups is 1. The van der Waals surface area contributed by atoms with Crippen LogP contribution in [0.1, 0.15) is 37.7 Å². The highest BCUT2D eigenvalue weighted by Crippen LogP contribution is 2.34. The highest BCUT2D eigenvalue weighted by atomic mass is 32.2. The fraction of sp³-hybridized carbons (Fsp3) is 0.727. The van der Waals surface area contributed by atoms with Crippen LogP contribution in [0, 0.1) is 0 Å². The number of aromatic amines is 1. The minimum absolute atomic E-state index is 0.311. The number of nitrogens with one attached hydrogen (secondary N) is 2. The maximum Gasteiger partial charge on any atom is 0.0925 e. The maximum atomic E-state index is 4.43. The van der Waals surface area contributed by atoms with Crippen molar-refractivity contribution in [1.82, 2.24) is 15.3 Å². The topological polar surface area (TPSA) is 40.7 Å². The molecule has 1 aromatic rings.